The van der Waals surface area contributed by atoms with Gasteiger partial charge in [-0.25, -0.2) is 4.98 Å². The summed E-state index contributed by atoms with van der Waals surface area (Å²) in [5.41, 5.74) is 4.92. The largest absolute Gasteiger partial charge is 0.493 e. The minimum atomic E-state index is 0.00928. The molecule has 0 saturated heterocycles. The normalized spacial score (nSPS) is 23.6. The Morgan fingerprint density at radius 3 is 2.85 bits per heavy atom. The molecule has 0 radical (unpaired) electrons. The number of aromatic nitrogens is 2. The number of benzene rings is 1. The zero-order valence-electron chi connectivity index (χ0n) is 11.7. The zero-order chi connectivity index (χ0) is 13.7. The van der Waals surface area contributed by atoms with Gasteiger partial charge in [0.15, 0.2) is 0 Å². The topological polar surface area (TPSA) is 46.0 Å². The zero-order valence-corrected chi connectivity index (χ0v) is 11.7. The molecule has 4 rings (SSSR count). The van der Waals surface area contributed by atoms with Gasteiger partial charge < -0.3 is 5.11 Å². The average molecular weight is 266 g/mol. The van der Waals surface area contributed by atoms with Crippen LogP contribution in [0.15, 0.2) is 24.3 Å². The van der Waals surface area contributed by atoms with Crippen molar-refractivity contribution in [3.8, 4) is 5.88 Å². The molecule has 2 aromatic rings. The Bertz CT molecular complexity index is 695. The summed E-state index contributed by atoms with van der Waals surface area (Å²) in [6.07, 6.45) is 5.34. The van der Waals surface area contributed by atoms with E-state index in [0.29, 0.717) is 5.82 Å². The van der Waals surface area contributed by atoms with Crippen molar-refractivity contribution in [3.63, 3.8) is 0 Å². The monoisotopic (exact) mass is 266 g/mol. The molecule has 0 bridgehead atoms. The smallest absolute Gasteiger partial charge is 0.217 e. The quantitative estimate of drug-likeness (QED) is 0.797. The van der Waals surface area contributed by atoms with Crippen LogP contribution in [0.4, 0.5) is 0 Å². The average Bonchev–Trinajstić information content (AvgIpc) is 2.81. The van der Waals surface area contributed by atoms with E-state index >= 15 is 0 Å². The Morgan fingerprint density at radius 2 is 1.95 bits per heavy atom. The summed E-state index contributed by atoms with van der Waals surface area (Å²) in [5, 5.41) is 10.2. The van der Waals surface area contributed by atoms with Crippen molar-refractivity contribution in [2.45, 2.75) is 44.4 Å². The molecule has 2 aliphatic carbocycles. The SMILES string of the molecule is Cc1nc(O)c2c(n1)C1(CCC2)CCc2ccccc21. The number of rotatable bonds is 0. The van der Waals surface area contributed by atoms with Crippen LogP contribution in [0.25, 0.3) is 0 Å². The Morgan fingerprint density at radius 1 is 1.10 bits per heavy atom. The second-order valence-electron chi connectivity index (χ2n) is 6.01. The molecule has 20 heavy (non-hydrogen) atoms. The highest BCUT2D eigenvalue weighted by atomic mass is 16.3. The van der Waals surface area contributed by atoms with Gasteiger partial charge in [-0.05, 0) is 50.2 Å². The molecule has 1 N–H and O–H groups in total. The van der Waals surface area contributed by atoms with Crippen LogP contribution in [-0.2, 0) is 18.3 Å². The molecule has 1 spiro atoms. The van der Waals surface area contributed by atoms with E-state index in [-0.39, 0.29) is 11.3 Å². The molecular formula is C17H18N2O. The van der Waals surface area contributed by atoms with E-state index in [2.05, 4.69) is 29.2 Å². The number of fused-ring (bicyclic) bond motifs is 4. The summed E-state index contributed by atoms with van der Waals surface area (Å²) < 4.78 is 0. The third-order valence-electron chi connectivity index (χ3n) is 4.93. The fourth-order valence-electron chi connectivity index (χ4n) is 4.09. The van der Waals surface area contributed by atoms with Crippen LogP contribution in [0.5, 0.6) is 5.88 Å². The van der Waals surface area contributed by atoms with Gasteiger partial charge in [0.05, 0.1) is 5.69 Å². The molecule has 0 aliphatic heterocycles. The molecule has 3 nitrogen and oxygen atoms in total. The molecule has 0 saturated carbocycles. The first-order valence-electron chi connectivity index (χ1n) is 7.36. The molecule has 0 fully saturated rings. The van der Waals surface area contributed by atoms with Gasteiger partial charge in [-0.15, -0.1) is 0 Å². The molecule has 1 heterocycles. The van der Waals surface area contributed by atoms with E-state index in [9.17, 15) is 5.11 Å². The van der Waals surface area contributed by atoms with Crippen LogP contribution in [0.1, 0.15) is 47.5 Å². The van der Waals surface area contributed by atoms with Crippen molar-refractivity contribution in [1.82, 2.24) is 9.97 Å². The Labute approximate surface area is 118 Å². The maximum Gasteiger partial charge on any atom is 0.217 e. The summed E-state index contributed by atoms with van der Waals surface area (Å²) in [6.45, 7) is 1.86. The lowest BCUT2D eigenvalue weighted by Crippen LogP contribution is -2.32. The maximum atomic E-state index is 10.2. The molecule has 0 amide bonds. The van der Waals surface area contributed by atoms with Gasteiger partial charge >= 0.3 is 0 Å². The second-order valence-corrected chi connectivity index (χ2v) is 6.01. The van der Waals surface area contributed by atoms with E-state index in [1.807, 2.05) is 6.92 Å². The first-order chi connectivity index (χ1) is 9.71. The van der Waals surface area contributed by atoms with Gasteiger partial charge in [0, 0.05) is 11.0 Å². The van der Waals surface area contributed by atoms with Crippen LogP contribution >= 0.6 is 0 Å². The Hall–Kier alpha value is -1.90. The third-order valence-corrected chi connectivity index (χ3v) is 4.93. The predicted molar refractivity (Wildman–Crippen MR) is 76.9 cm³/mol. The maximum absolute atomic E-state index is 10.2. The first kappa shape index (κ1) is 11.9. The summed E-state index contributed by atoms with van der Waals surface area (Å²) in [7, 11) is 0. The first-order valence-corrected chi connectivity index (χ1v) is 7.36. The Kier molecular flexibility index (Phi) is 2.40. The highest BCUT2D eigenvalue weighted by Gasteiger charge is 2.45. The molecule has 1 unspecified atom stereocenters. The van der Waals surface area contributed by atoms with Gasteiger partial charge in [0.25, 0.3) is 0 Å². The highest BCUT2D eigenvalue weighted by Crippen LogP contribution is 2.51. The van der Waals surface area contributed by atoms with Crippen LogP contribution < -0.4 is 0 Å². The van der Waals surface area contributed by atoms with Crippen molar-refractivity contribution in [2.75, 3.05) is 0 Å². The fraction of sp³-hybridized carbons (Fsp3) is 0.412. The minimum Gasteiger partial charge on any atom is -0.493 e. The molecule has 1 atom stereocenters. The van der Waals surface area contributed by atoms with Crippen molar-refractivity contribution < 1.29 is 5.11 Å². The number of aromatic hydroxyl groups is 1. The van der Waals surface area contributed by atoms with Gasteiger partial charge in [-0.3, -0.25) is 0 Å². The van der Waals surface area contributed by atoms with E-state index in [0.717, 1.165) is 43.4 Å². The van der Waals surface area contributed by atoms with Crippen molar-refractivity contribution >= 4 is 0 Å². The highest BCUT2D eigenvalue weighted by molar-refractivity contribution is 5.51. The van der Waals surface area contributed by atoms with E-state index < -0.39 is 0 Å². The van der Waals surface area contributed by atoms with Crippen LogP contribution in [0.2, 0.25) is 0 Å². The molecule has 2 aliphatic rings. The summed E-state index contributed by atoms with van der Waals surface area (Å²) >= 11 is 0. The summed E-state index contributed by atoms with van der Waals surface area (Å²) in [4.78, 5) is 8.88. The van der Waals surface area contributed by atoms with Gasteiger partial charge in [-0.1, -0.05) is 24.3 Å². The lowest BCUT2D eigenvalue weighted by Gasteiger charge is -2.35. The van der Waals surface area contributed by atoms with Gasteiger partial charge in [-0.2, -0.15) is 4.98 Å². The van der Waals surface area contributed by atoms with Gasteiger partial charge in [0.1, 0.15) is 5.82 Å². The summed E-state index contributed by atoms with van der Waals surface area (Å²) in [5.74, 6) is 0.864. The number of nitrogens with zero attached hydrogens (tertiary/aromatic N) is 2. The standard InChI is InChI=1S/C17H18N2O/c1-11-18-15-13(16(20)19-11)6-4-9-17(15)10-8-12-5-2-3-7-14(12)17/h2-3,5,7H,4,6,8-10H2,1H3,(H,18,19,20). The van der Waals surface area contributed by atoms with Crippen molar-refractivity contribution in [2.24, 2.45) is 0 Å². The van der Waals surface area contributed by atoms with Crippen molar-refractivity contribution in [1.29, 1.82) is 0 Å². The molecule has 1 aromatic heterocycles. The van der Waals surface area contributed by atoms with E-state index in [1.165, 1.54) is 11.1 Å². The molecule has 3 heteroatoms. The van der Waals surface area contributed by atoms with Crippen LogP contribution in [0.3, 0.4) is 0 Å². The third kappa shape index (κ3) is 1.46. The summed E-state index contributed by atoms with van der Waals surface area (Å²) in [6, 6.07) is 8.70. The molecule has 102 valence electrons. The van der Waals surface area contributed by atoms with Crippen LogP contribution in [-0.4, -0.2) is 15.1 Å². The number of aryl methyl sites for hydroxylation is 2. The predicted octanol–water partition coefficient (Wildman–Crippen LogP) is 3.06. The molecule has 1 aromatic carbocycles. The number of hydrogen-bond acceptors (Lipinski definition) is 3. The minimum absolute atomic E-state index is 0.00928. The van der Waals surface area contributed by atoms with Crippen LogP contribution in [0, 0.1) is 6.92 Å². The van der Waals surface area contributed by atoms with E-state index in [4.69, 9.17) is 4.98 Å². The lowest BCUT2D eigenvalue weighted by molar-refractivity contribution is 0.382. The Balaban J connectivity index is 2.00. The van der Waals surface area contributed by atoms with E-state index in [1.54, 1.807) is 0 Å². The van der Waals surface area contributed by atoms with Crippen molar-refractivity contribution in [3.05, 3.63) is 52.5 Å². The number of hydrogen-bond donors (Lipinski definition) is 1. The fourth-order valence-corrected chi connectivity index (χ4v) is 4.09. The second kappa shape index (κ2) is 4.05. The molecular weight excluding hydrogens is 248 g/mol. The van der Waals surface area contributed by atoms with Gasteiger partial charge in [0.2, 0.25) is 5.88 Å². The lowest BCUT2D eigenvalue weighted by atomic mass is 9.69.